The van der Waals surface area contributed by atoms with Gasteiger partial charge < -0.3 is 23.7 Å². The van der Waals surface area contributed by atoms with Crippen LogP contribution < -0.4 is 0 Å². The van der Waals surface area contributed by atoms with Gasteiger partial charge in [-0.25, -0.2) is 0 Å². The lowest BCUT2D eigenvalue weighted by Gasteiger charge is -2.48. The first kappa shape index (κ1) is 22.3. The van der Waals surface area contributed by atoms with E-state index >= 15 is 0 Å². The molecule has 2 aliphatic heterocycles. The van der Waals surface area contributed by atoms with Crippen molar-refractivity contribution in [1.29, 1.82) is 0 Å². The molecular weight excluding hydrogens is 416 g/mol. The SMILES string of the molecule is CC1OC2COC(c3ccccc3)OC2C(OCc2ccccc2)C1OCc1ccccc1. The van der Waals surface area contributed by atoms with Gasteiger partial charge in [-0.3, -0.25) is 0 Å². The molecule has 2 saturated heterocycles. The topological polar surface area (TPSA) is 46.2 Å². The van der Waals surface area contributed by atoms with Crippen LogP contribution in [-0.4, -0.2) is 37.1 Å². The third-order valence-corrected chi connectivity index (χ3v) is 6.20. The number of fused-ring (bicyclic) bond motifs is 1. The first-order valence-electron chi connectivity index (χ1n) is 11.6. The quantitative estimate of drug-likeness (QED) is 0.508. The highest BCUT2D eigenvalue weighted by atomic mass is 16.7. The average molecular weight is 447 g/mol. The van der Waals surface area contributed by atoms with Crippen LogP contribution in [0.4, 0.5) is 0 Å². The Morgan fingerprint density at radius 1 is 0.697 bits per heavy atom. The monoisotopic (exact) mass is 446 g/mol. The zero-order valence-electron chi connectivity index (χ0n) is 18.8. The zero-order chi connectivity index (χ0) is 22.5. The minimum atomic E-state index is -0.456. The molecule has 5 rings (SSSR count). The third kappa shape index (κ3) is 5.35. The molecule has 0 bridgehead atoms. The molecule has 0 aromatic heterocycles. The molecule has 2 aliphatic rings. The highest BCUT2D eigenvalue weighted by Crippen LogP contribution is 2.36. The Morgan fingerprint density at radius 3 is 1.85 bits per heavy atom. The van der Waals surface area contributed by atoms with Gasteiger partial charge in [-0.15, -0.1) is 0 Å². The van der Waals surface area contributed by atoms with Crippen molar-refractivity contribution in [3.63, 3.8) is 0 Å². The van der Waals surface area contributed by atoms with Crippen molar-refractivity contribution in [2.24, 2.45) is 0 Å². The van der Waals surface area contributed by atoms with Crippen LogP contribution in [0.15, 0.2) is 91.0 Å². The van der Waals surface area contributed by atoms with Crippen LogP contribution in [0, 0.1) is 0 Å². The maximum absolute atomic E-state index is 6.51. The third-order valence-electron chi connectivity index (χ3n) is 6.20. The van der Waals surface area contributed by atoms with Gasteiger partial charge in [-0.1, -0.05) is 91.0 Å². The maximum Gasteiger partial charge on any atom is 0.184 e. The summed E-state index contributed by atoms with van der Waals surface area (Å²) in [6, 6.07) is 30.3. The Hall–Kier alpha value is -2.54. The summed E-state index contributed by atoms with van der Waals surface area (Å²) < 4.78 is 31.7. The highest BCUT2D eigenvalue weighted by molar-refractivity contribution is 5.17. The molecular formula is C28H30O5. The lowest BCUT2D eigenvalue weighted by Crippen LogP contribution is -2.62. The average Bonchev–Trinajstić information content (AvgIpc) is 2.88. The first-order valence-corrected chi connectivity index (χ1v) is 11.6. The predicted molar refractivity (Wildman–Crippen MR) is 124 cm³/mol. The number of hydrogen-bond acceptors (Lipinski definition) is 5. The van der Waals surface area contributed by atoms with Gasteiger partial charge in [0.1, 0.15) is 24.4 Å². The standard InChI is InChI=1S/C28H30O5/c1-20-25(29-17-21-11-5-2-6-12-21)27(30-18-22-13-7-3-8-14-22)26-24(32-20)19-31-28(33-26)23-15-9-4-10-16-23/h2-16,20,24-28H,17-19H2,1H3. The summed E-state index contributed by atoms with van der Waals surface area (Å²) in [6.45, 7) is 3.45. The highest BCUT2D eigenvalue weighted by Gasteiger charge is 2.49. The molecule has 5 nitrogen and oxygen atoms in total. The van der Waals surface area contributed by atoms with E-state index in [1.165, 1.54) is 0 Å². The summed E-state index contributed by atoms with van der Waals surface area (Å²) in [4.78, 5) is 0. The molecule has 0 N–H and O–H groups in total. The van der Waals surface area contributed by atoms with E-state index in [1.54, 1.807) is 0 Å². The lowest BCUT2D eigenvalue weighted by atomic mass is 9.94. The van der Waals surface area contributed by atoms with Crippen molar-refractivity contribution >= 4 is 0 Å². The van der Waals surface area contributed by atoms with E-state index in [9.17, 15) is 0 Å². The minimum Gasteiger partial charge on any atom is -0.368 e. The van der Waals surface area contributed by atoms with Crippen LogP contribution >= 0.6 is 0 Å². The Balaban J connectivity index is 1.36. The fraction of sp³-hybridized carbons (Fsp3) is 0.357. The Morgan fingerprint density at radius 2 is 1.24 bits per heavy atom. The Bertz CT molecular complexity index is 981. The van der Waals surface area contributed by atoms with Crippen molar-refractivity contribution in [3.8, 4) is 0 Å². The minimum absolute atomic E-state index is 0.156. The molecule has 0 spiro atoms. The van der Waals surface area contributed by atoms with Gasteiger partial charge >= 0.3 is 0 Å². The fourth-order valence-corrected chi connectivity index (χ4v) is 4.50. The molecule has 2 fully saturated rings. The van der Waals surface area contributed by atoms with Crippen LogP contribution in [-0.2, 0) is 36.9 Å². The number of rotatable bonds is 7. The van der Waals surface area contributed by atoms with E-state index in [-0.39, 0.29) is 30.5 Å². The van der Waals surface area contributed by atoms with Gasteiger partial charge in [0.15, 0.2) is 6.29 Å². The van der Waals surface area contributed by atoms with E-state index in [2.05, 4.69) is 24.3 Å². The number of hydrogen-bond donors (Lipinski definition) is 0. The lowest BCUT2D eigenvalue weighted by molar-refractivity contribution is -0.337. The summed E-state index contributed by atoms with van der Waals surface area (Å²) in [5, 5.41) is 0. The molecule has 172 valence electrons. The fourth-order valence-electron chi connectivity index (χ4n) is 4.50. The molecule has 0 radical (unpaired) electrons. The van der Waals surface area contributed by atoms with Crippen LogP contribution in [0.2, 0.25) is 0 Å². The van der Waals surface area contributed by atoms with Crippen LogP contribution in [0.25, 0.3) is 0 Å². The van der Waals surface area contributed by atoms with Gasteiger partial charge in [0.2, 0.25) is 0 Å². The molecule has 3 aromatic rings. The second-order valence-electron chi connectivity index (χ2n) is 8.58. The molecule has 0 amide bonds. The molecule has 33 heavy (non-hydrogen) atoms. The molecule has 2 heterocycles. The Labute approximate surface area is 195 Å². The van der Waals surface area contributed by atoms with Crippen molar-refractivity contribution in [2.45, 2.75) is 56.9 Å². The summed E-state index contributed by atoms with van der Waals surface area (Å²) in [5.41, 5.74) is 3.21. The number of ether oxygens (including phenoxy) is 5. The van der Waals surface area contributed by atoms with Crippen LogP contribution in [0.1, 0.15) is 29.9 Å². The first-order chi connectivity index (χ1) is 16.3. The van der Waals surface area contributed by atoms with E-state index in [0.29, 0.717) is 19.8 Å². The van der Waals surface area contributed by atoms with E-state index < -0.39 is 6.29 Å². The van der Waals surface area contributed by atoms with E-state index in [4.69, 9.17) is 23.7 Å². The van der Waals surface area contributed by atoms with Crippen LogP contribution in [0.5, 0.6) is 0 Å². The molecule has 0 saturated carbocycles. The molecule has 3 aromatic carbocycles. The van der Waals surface area contributed by atoms with Gasteiger partial charge in [0.25, 0.3) is 0 Å². The van der Waals surface area contributed by atoms with Crippen molar-refractivity contribution in [2.75, 3.05) is 6.61 Å². The largest absolute Gasteiger partial charge is 0.368 e. The number of benzene rings is 3. The second kappa shape index (κ2) is 10.6. The zero-order valence-corrected chi connectivity index (χ0v) is 18.8. The van der Waals surface area contributed by atoms with Gasteiger partial charge in [0, 0.05) is 5.56 Å². The Kier molecular flexibility index (Phi) is 7.15. The summed E-state index contributed by atoms with van der Waals surface area (Å²) >= 11 is 0. The van der Waals surface area contributed by atoms with Gasteiger partial charge in [-0.2, -0.15) is 0 Å². The van der Waals surface area contributed by atoms with Crippen molar-refractivity contribution in [1.82, 2.24) is 0 Å². The van der Waals surface area contributed by atoms with E-state index in [0.717, 1.165) is 16.7 Å². The normalized spacial score (nSPS) is 29.4. The summed E-state index contributed by atoms with van der Waals surface area (Å²) in [5.74, 6) is 0. The molecule has 0 aliphatic carbocycles. The smallest absolute Gasteiger partial charge is 0.184 e. The van der Waals surface area contributed by atoms with Crippen LogP contribution in [0.3, 0.4) is 0 Å². The maximum atomic E-state index is 6.51. The van der Waals surface area contributed by atoms with E-state index in [1.807, 2.05) is 73.7 Å². The summed E-state index contributed by atoms with van der Waals surface area (Å²) in [6.07, 6.45) is -1.69. The molecule has 6 unspecified atom stereocenters. The predicted octanol–water partition coefficient (Wildman–Crippen LogP) is 5.06. The van der Waals surface area contributed by atoms with Gasteiger partial charge in [0.05, 0.1) is 25.9 Å². The van der Waals surface area contributed by atoms with Gasteiger partial charge in [-0.05, 0) is 18.1 Å². The second-order valence-corrected chi connectivity index (χ2v) is 8.58. The molecule has 6 atom stereocenters. The van der Waals surface area contributed by atoms with Crippen molar-refractivity contribution in [3.05, 3.63) is 108 Å². The van der Waals surface area contributed by atoms with Crippen molar-refractivity contribution < 1.29 is 23.7 Å². The molecule has 5 heteroatoms. The summed E-state index contributed by atoms with van der Waals surface area (Å²) in [7, 11) is 0.